The van der Waals surface area contributed by atoms with E-state index in [2.05, 4.69) is 11.2 Å². The molecule has 25 heavy (non-hydrogen) atoms. The summed E-state index contributed by atoms with van der Waals surface area (Å²) in [5.41, 5.74) is 1.21. The predicted octanol–water partition coefficient (Wildman–Crippen LogP) is 2.03. The maximum Gasteiger partial charge on any atom is 0.420 e. The summed E-state index contributed by atoms with van der Waals surface area (Å²) >= 11 is 0. The highest BCUT2D eigenvalue weighted by molar-refractivity contribution is 5.74. The number of aromatic nitrogens is 1. The fourth-order valence-electron chi connectivity index (χ4n) is 2.51. The molecule has 0 bridgehead atoms. The molecule has 7 heteroatoms. The van der Waals surface area contributed by atoms with Gasteiger partial charge in [-0.3, -0.25) is 4.57 Å². The molecule has 0 saturated carbocycles. The largest absolute Gasteiger partial charge is 0.467 e. The zero-order chi connectivity index (χ0) is 17.6. The summed E-state index contributed by atoms with van der Waals surface area (Å²) in [6.45, 7) is 0.993. The van der Waals surface area contributed by atoms with Gasteiger partial charge in [0.25, 0.3) is 0 Å². The van der Waals surface area contributed by atoms with Gasteiger partial charge in [-0.1, -0.05) is 18.1 Å². The van der Waals surface area contributed by atoms with Crippen LogP contribution in [0.4, 0.5) is 4.79 Å². The van der Waals surface area contributed by atoms with Crippen LogP contribution in [0, 0.1) is 12.3 Å². The minimum atomic E-state index is -0.452. The SMILES string of the molecule is C#CCN(Cc1ccco1)C(=O)NCCn1c(=O)oc2ccccc21. The van der Waals surface area contributed by atoms with Crippen molar-refractivity contribution in [1.82, 2.24) is 14.8 Å². The molecule has 1 N–H and O–H groups in total. The van der Waals surface area contributed by atoms with Gasteiger partial charge in [0.15, 0.2) is 5.58 Å². The second-order valence-electron chi connectivity index (χ2n) is 5.36. The van der Waals surface area contributed by atoms with E-state index >= 15 is 0 Å². The Hall–Kier alpha value is -3.40. The number of oxazole rings is 1. The van der Waals surface area contributed by atoms with Crippen LogP contribution in [0.5, 0.6) is 0 Å². The Morgan fingerprint density at radius 2 is 2.12 bits per heavy atom. The van der Waals surface area contributed by atoms with E-state index in [4.69, 9.17) is 15.3 Å². The number of nitrogens with zero attached hydrogens (tertiary/aromatic N) is 2. The van der Waals surface area contributed by atoms with Crippen molar-refractivity contribution >= 4 is 17.1 Å². The van der Waals surface area contributed by atoms with Crippen LogP contribution in [0.1, 0.15) is 5.76 Å². The summed E-state index contributed by atoms with van der Waals surface area (Å²) in [5, 5.41) is 2.76. The maximum atomic E-state index is 12.3. The Morgan fingerprint density at radius 1 is 1.28 bits per heavy atom. The number of amides is 2. The number of terminal acetylenes is 1. The molecule has 0 aliphatic carbocycles. The van der Waals surface area contributed by atoms with E-state index in [1.54, 1.807) is 30.3 Å². The van der Waals surface area contributed by atoms with E-state index in [0.29, 0.717) is 23.4 Å². The first-order chi connectivity index (χ1) is 12.2. The van der Waals surface area contributed by atoms with Crippen LogP contribution >= 0.6 is 0 Å². The zero-order valence-electron chi connectivity index (χ0n) is 13.5. The Bertz CT molecular complexity index is 947. The van der Waals surface area contributed by atoms with Crippen molar-refractivity contribution in [3.05, 3.63) is 59.0 Å². The second kappa shape index (κ2) is 7.45. The Morgan fingerprint density at radius 3 is 2.88 bits per heavy atom. The number of benzene rings is 1. The average Bonchev–Trinajstić information content (AvgIpc) is 3.22. The van der Waals surface area contributed by atoms with E-state index in [1.165, 1.54) is 15.7 Å². The van der Waals surface area contributed by atoms with Gasteiger partial charge in [-0.05, 0) is 24.3 Å². The summed E-state index contributed by atoms with van der Waals surface area (Å²) in [6.07, 6.45) is 6.86. The number of hydrogen-bond donors (Lipinski definition) is 1. The standard InChI is InChI=1S/C18H17N3O4/c1-2-10-20(13-14-6-5-12-24-14)17(22)19-9-11-21-15-7-3-4-8-16(15)25-18(21)23/h1,3-8,12H,9-11,13H2,(H,19,22). The second-order valence-corrected chi connectivity index (χ2v) is 5.36. The van der Waals surface area contributed by atoms with Crippen molar-refractivity contribution in [1.29, 1.82) is 0 Å². The van der Waals surface area contributed by atoms with Crippen molar-refractivity contribution in [2.24, 2.45) is 0 Å². The topological polar surface area (TPSA) is 80.6 Å². The fraction of sp³-hybridized carbons (Fsp3) is 0.222. The zero-order valence-corrected chi connectivity index (χ0v) is 13.5. The molecule has 2 amide bonds. The smallest absolute Gasteiger partial charge is 0.420 e. The van der Waals surface area contributed by atoms with Crippen molar-refractivity contribution < 1.29 is 13.6 Å². The van der Waals surface area contributed by atoms with Gasteiger partial charge in [-0.2, -0.15) is 0 Å². The van der Waals surface area contributed by atoms with Crippen molar-refractivity contribution in [3.63, 3.8) is 0 Å². The number of rotatable bonds is 6. The lowest BCUT2D eigenvalue weighted by Gasteiger charge is -2.19. The van der Waals surface area contributed by atoms with Crippen LogP contribution in [0.15, 0.2) is 56.3 Å². The van der Waals surface area contributed by atoms with E-state index in [9.17, 15) is 9.59 Å². The third-order valence-electron chi connectivity index (χ3n) is 3.68. The molecule has 0 saturated heterocycles. The minimum Gasteiger partial charge on any atom is -0.467 e. The van der Waals surface area contributed by atoms with Gasteiger partial charge >= 0.3 is 11.8 Å². The van der Waals surface area contributed by atoms with E-state index < -0.39 is 5.76 Å². The average molecular weight is 339 g/mol. The van der Waals surface area contributed by atoms with Crippen molar-refractivity contribution in [3.8, 4) is 12.3 Å². The molecule has 0 radical (unpaired) electrons. The number of para-hydroxylation sites is 2. The lowest BCUT2D eigenvalue weighted by Crippen LogP contribution is -2.41. The van der Waals surface area contributed by atoms with Crippen molar-refractivity contribution in [2.75, 3.05) is 13.1 Å². The molecular weight excluding hydrogens is 322 g/mol. The third-order valence-corrected chi connectivity index (χ3v) is 3.68. The van der Waals surface area contributed by atoms with Crippen LogP contribution in [0.2, 0.25) is 0 Å². The van der Waals surface area contributed by atoms with Gasteiger partial charge < -0.3 is 19.1 Å². The minimum absolute atomic E-state index is 0.154. The van der Waals surface area contributed by atoms with E-state index in [-0.39, 0.29) is 25.7 Å². The number of fused-ring (bicyclic) bond motifs is 1. The van der Waals surface area contributed by atoms with Gasteiger partial charge in [0.2, 0.25) is 0 Å². The molecule has 2 heterocycles. The Balaban J connectivity index is 1.61. The molecule has 0 fully saturated rings. The van der Waals surface area contributed by atoms with Gasteiger partial charge in [-0.15, -0.1) is 6.42 Å². The molecule has 0 spiro atoms. The molecule has 0 aliphatic rings. The first-order valence-electron chi connectivity index (χ1n) is 7.76. The number of hydrogen-bond acceptors (Lipinski definition) is 4. The number of nitrogens with one attached hydrogen (secondary N) is 1. The molecule has 1 aromatic carbocycles. The molecule has 0 aliphatic heterocycles. The first-order valence-corrected chi connectivity index (χ1v) is 7.76. The van der Waals surface area contributed by atoms with Gasteiger partial charge in [0, 0.05) is 13.1 Å². The molecule has 128 valence electrons. The Labute approximate surface area is 143 Å². The quantitative estimate of drug-likeness (QED) is 0.697. The number of carbonyl (C=O) groups excluding carboxylic acids is 1. The van der Waals surface area contributed by atoms with Crippen LogP contribution in [0.25, 0.3) is 11.1 Å². The molecular formula is C18H17N3O4. The van der Waals surface area contributed by atoms with Crippen LogP contribution in [-0.2, 0) is 13.1 Å². The Kier molecular flexibility index (Phi) is 4.90. The van der Waals surface area contributed by atoms with E-state index in [1.807, 2.05) is 6.07 Å². The molecule has 3 rings (SSSR count). The van der Waals surface area contributed by atoms with Crippen molar-refractivity contribution in [2.45, 2.75) is 13.1 Å². The lowest BCUT2D eigenvalue weighted by molar-refractivity contribution is 0.197. The molecule has 7 nitrogen and oxygen atoms in total. The van der Waals surface area contributed by atoms with Crippen LogP contribution in [-0.4, -0.2) is 28.6 Å². The normalized spacial score (nSPS) is 10.5. The molecule has 0 atom stereocenters. The van der Waals surface area contributed by atoms with Gasteiger partial charge in [0.05, 0.1) is 24.9 Å². The first kappa shape index (κ1) is 16.5. The summed E-state index contributed by atoms with van der Waals surface area (Å²) in [6, 6.07) is 10.3. The summed E-state index contributed by atoms with van der Waals surface area (Å²) in [5.74, 6) is 2.64. The van der Waals surface area contributed by atoms with Gasteiger partial charge in [0.1, 0.15) is 5.76 Å². The summed E-state index contributed by atoms with van der Waals surface area (Å²) in [7, 11) is 0. The van der Waals surface area contributed by atoms with Crippen LogP contribution < -0.4 is 11.1 Å². The summed E-state index contributed by atoms with van der Waals surface area (Å²) in [4.78, 5) is 25.7. The molecule has 3 aromatic rings. The predicted molar refractivity (Wildman–Crippen MR) is 91.8 cm³/mol. The third kappa shape index (κ3) is 3.75. The highest BCUT2D eigenvalue weighted by Gasteiger charge is 2.14. The fourth-order valence-corrected chi connectivity index (χ4v) is 2.51. The maximum absolute atomic E-state index is 12.3. The van der Waals surface area contributed by atoms with Gasteiger partial charge in [-0.25, -0.2) is 9.59 Å². The molecule has 2 aromatic heterocycles. The molecule has 0 unspecified atom stereocenters. The van der Waals surface area contributed by atoms with E-state index in [0.717, 1.165) is 0 Å². The number of urea groups is 1. The lowest BCUT2D eigenvalue weighted by atomic mass is 10.3. The number of carbonyl (C=O) groups is 1. The highest BCUT2D eigenvalue weighted by atomic mass is 16.4. The highest BCUT2D eigenvalue weighted by Crippen LogP contribution is 2.11. The van der Waals surface area contributed by atoms with Crippen LogP contribution in [0.3, 0.4) is 0 Å². The monoisotopic (exact) mass is 339 g/mol. The number of furan rings is 1. The summed E-state index contributed by atoms with van der Waals surface area (Å²) < 4.78 is 11.9.